The van der Waals surface area contributed by atoms with Crippen LogP contribution in [0, 0.1) is 11.8 Å². The zero-order valence-corrected chi connectivity index (χ0v) is 38.8. The number of hydrogen-bond acceptors (Lipinski definition) is 11. The first kappa shape index (κ1) is 54.9. The van der Waals surface area contributed by atoms with Gasteiger partial charge >= 0.3 is 11.9 Å². The fourth-order valence-electron chi connectivity index (χ4n) is 7.66. The minimum atomic E-state index is -1.67. The SMILES string of the molecule is CC(C)CC(N)C(=O)NC(Cc1ccccc1)C(=O)NC(CC(=O)O)C(=O)NCC(=O)N1CCCC1C(=O)NC(CCCCN)C(=O)NC(Cc1ccccc1)C(=O)NC(CC(C)C)C(=O)O. The van der Waals surface area contributed by atoms with Crippen molar-refractivity contribution < 1.29 is 53.4 Å². The van der Waals surface area contributed by atoms with Crippen LogP contribution in [-0.2, 0) is 56.0 Å². The van der Waals surface area contributed by atoms with Crippen LogP contribution in [0.15, 0.2) is 60.7 Å². The van der Waals surface area contributed by atoms with E-state index in [2.05, 4.69) is 31.9 Å². The van der Waals surface area contributed by atoms with Crippen LogP contribution in [0.3, 0.4) is 0 Å². The van der Waals surface area contributed by atoms with E-state index in [4.69, 9.17) is 11.5 Å². The fraction of sp³-hybridized carbons (Fsp3) is 0.553. The molecule has 0 bridgehead atoms. The number of carbonyl (C=O) groups is 9. The fourth-order valence-corrected chi connectivity index (χ4v) is 7.66. The average molecular weight is 936 g/mol. The molecule has 1 heterocycles. The van der Waals surface area contributed by atoms with Crippen molar-refractivity contribution in [2.24, 2.45) is 23.3 Å². The number of carboxylic acids is 2. The van der Waals surface area contributed by atoms with Crippen LogP contribution >= 0.6 is 0 Å². The highest BCUT2D eigenvalue weighted by molar-refractivity contribution is 5.98. The molecule has 1 saturated heterocycles. The summed E-state index contributed by atoms with van der Waals surface area (Å²) in [6, 6.07) is 8.98. The van der Waals surface area contributed by atoms with E-state index < -0.39 is 109 Å². The summed E-state index contributed by atoms with van der Waals surface area (Å²) in [5.41, 5.74) is 13.1. The van der Waals surface area contributed by atoms with E-state index >= 15 is 0 Å². The van der Waals surface area contributed by atoms with E-state index in [1.165, 1.54) is 4.90 Å². The number of likely N-dealkylation sites (tertiary alicyclic amines) is 1. The van der Waals surface area contributed by atoms with Gasteiger partial charge in [0.2, 0.25) is 41.4 Å². The maximum atomic E-state index is 14.0. The van der Waals surface area contributed by atoms with Crippen molar-refractivity contribution in [1.82, 2.24) is 36.8 Å². The standard InChI is InChI=1S/C47H69N9O11/c1-28(2)22-32(49)41(60)52-34(24-30-14-7-5-8-15-30)44(63)54-36(26-40(58)59)42(61)50-27-39(57)56-21-13-19-38(56)46(65)51-33(18-11-12-20-48)43(62)53-35(25-31-16-9-6-10-17-31)45(64)55-37(47(66)67)23-29(3)4/h5-10,14-17,28-29,32-38H,11-13,18-27,48-49H2,1-4H3,(H,50,61)(H,51,65)(H,52,60)(H,53,62)(H,54,63)(H,55,64)(H,58,59)(H,66,67). The highest BCUT2D eigenvalue weighted by Gasteiger charge is 2.38. The summed E-state index contributed by atoms with van der Waals surface area (Å²) in [6.07, 6.45) is 1.28. The van der Waals surface area contributed by atoms with Crippen LogP contribution in [0.1, 0.15) is 90.2 Å². The Hall–Kier alpha value is -6.41. The Morgan fingerprint density at radius 3 is 1.66 bits per heavy atom. The lowest BCUT2D eigenvalue weighted by Gasteiger charge is -2.28. The molecule has 7 unspecified atom stereocenters. The Labute approximate surface area is 391 Å². The second-order valence-electron chi connectivity index (χ2n) is 17.7. The molecule has 0 spiro atoms. The zero-order valence-electron chi connectivity index (χ0n) is 38.8. The molecule has 67 heavy (non-hydrogen) atoms. The van der Waals surface area contributed by atoms with E-state index in [1.807, 2.05) is 27.7 Å². The Morgan fingerprint density at radius 1 is 0.642 bits per heavy atom. The summed E-state index contributed by atoms with van der Waals surface area (Å²) in [5, 5.41) is 34.9. The molecule has 7 atom stereocenters. The maximum absolute atomic E-state index is 14.0. The van der Waals surface area contributed by atoms with Gasteiger partial charge < -0.3 is 58.5 Å². The Balaban J connectivity index is 1.74. The number of unbranched alkanes of at least 4 members (excludes halogenated alkanes) is 1. The van der Waals surface area contributed by atoms with Gasteiger partial charge in [-0.1, -0.05) is 88.4 Å². The van der Waals surface area contributed by atoms with E-state index in [0.29, 0.717) is 43.4 Å². The van der Waals surface area contributed by atoms with Crippen molar-refractivity contribution in [2.75, 3.05) is 19.6 Å². The smallest absolute Gasteiger partial charge is 0.326 e. The first-order valence-electron chi connectivity index (χ1n) is 22.9. The van der Waals surface area contributed by atoms with Gasteiger partial charge in [-0.25, -0.2) is 4.79 Å². The third-order valence-corrected chi connectivity index (χ3v) is 11.1. The van der Waals surface area contributed by atoms with Crippen LogP contribution in [0.5, 0.6) is 0 Å². The lowest BCUT2D eigenvalue weighted by atomic mass is 10.0. The molecule has 20 nitrogen and oxygen atoms in total. The number of carboxylic acid groups (broad SMARTS) is 2. The third-order valence-electron chi connectivity index (χ3n) is 11.1. The van der Waals surface area contributed by atoms with Gasteiger partial charge in [0.25, 0.3) is 0 Å². The summed E-state index contributed by atoms with van der Waals surface area (Å²) in [5.74, 6) is -7.91. The van der Waals surface area contributed by atoms with Gasteiger partial charge in [0.1, 0.15) is 36.3 Å². The number of nitrogens with two attached hydrogens (primary N) is 2. The first-order chi connectivity index (χ1) is 31.8. The van der Waals surface area contributed by atoms with Gasteiger partial charge in [0.05, 0.1) is 19.0 Å². The highest BCUT2D eigenvalue weighted by Crippen LogP contribution is 2.19. The average Bonchev–Trinajstić information content (AvgIpc) is 3.77. The minimum Gasteiger partial charge on any atom is -0.481 e. The van der Waals surface area contributed by atoms with Crippen LogP contribution in [-0.4, -0.2) is 130 Å². The monoisotopic (exact) mass is 936 g/mol. The van der Waals surface area contributed by atoms with Crippen molar-refractivity contribution in [3.63, 3.8) is 0 Å². The number of nitrogens with zero attached hydrogens (tertiary/aromatic N) is 1. The molecule has 2 aromatic carbocycles. The third kappa shape index (κ3) is 19.1. The molecule has 0 saturated carbocycles. The first-order valence-corrected chi connectivity index (χ1v) is 22.9. The number of hydrogen-bond donors (Lipinski definition) is 10. The van der Waals surface area contributed by atoms with E-state index in [-0.39, 0.29) is 50.5 Å². The number of rotatable bonds is 28. The van der Waals surface area contributed by atoms with Gasteiger partial charge in [-0.3, -0.25) is 38.4 Å². The van der Waals surface area contributed by atoms with Gasteiger partial charge in [0, 0.05) is 19.4 Å². The molecule has 7 amide bonds. The lowest BCUT2D eigenvalue weighted by molar-refractivity contribution is -0.143. The van der Waals surface area contributed by atoms with Gasteiger partial charge in [0.15, 0.2) is 0 Å². The van der Waals surface area contributed by atoms with Gasteiger partial charge in [-0.15, -0.1) is 0 Å². The zero-order chi connectivity index (χ0) is 49.6. The Bertz CT molecular complexity index is 1990. The number of nitrogens with one attached hydrogen (secondary N) is 6. The molecule has 0 aliphatic carbocycles. The topological polar surface area (TPSA) is 322 Å². The summed E-state index contributed by atoms with van der Waals surface area (Å²) >= 11 is 0. The number of aliphatic carboxylic acids is 2. The second-order valence-corrected chi connectivity index (χ2v) is 17.7. The van der Waals surface area contributed by atoms with Crippen LogP contribution < -0.4 is 43.4 Å². The quantitative estimate of drug-likeness (QED) is 0.0508. The molecule has 1 aliphatic heterocycles. The lowest BCUT2D eigenvalue weighted by Crippen LogP contribution is -2.58. The molecule has 0 radical (unpaired) electrons. The molecule has 3 rings (SSSR count). The normalized spacial score (nSPS) is 16.1. The van der Waals surface area contributed by atoms with Crippen molar-refractivity contribution in [1.29, 1.82) is 0 Å². The van der Waals surface area contributed by atoms with E-state index in [9.17, 15) is 53.4 Å². The largest absolute Gasteiger partial charge is 0.481 e. The summed E-state index contributed by atoms with van der Waals surface area (Å²) < 4.78 is 0. The van der Waals surface area contributed by atoms with Gasteiger partial charge in [-0.05, 0) is 74.5 Å². The summed E-state index contributed by atoms with van der Waals surface area (Å²) in [6.45, 7) is 7.14. The molecule has 20 heteroatoms. The van der Waals surface area contributed by atoms with Gasteiger partial charge in [-0.2, -0.15) is 0 Å². The highest BCUT2D eigenvalue weighted by atomic mass is 16.4. The molecule has 1 fully saturated rings. The molecule has 12 N–H and O–H groups in total. The minimum absolute atomic E-state index is 0.00406. The number of amides is 7. The Morgan fingerprint density at radius 2 is 1.15 bits per heavy atom. The van der Waals surface area contributed by atoms with E-state index in [0.717, 1.165) is 0 Å². The van der Waals surface area contributed by atoms with E-state index in [1.54, 1.807) is 60.7 Å². The molecule has 1 aliphatic rings. The van der Waals surface area contributed by atoms with Crippen molar-refractivity contribution in [2.45, 2.75) is 134 Å². The number of carbonyl (C=O) groups excluding carboxylic acids is 7. The van der Waals surface area contributed by atoms with Crippen molar-refractivity contribution in [3.8, 4) is 0 Å². The summed E-state index contributed by atoms with van der Waals surface area (Å²) in [4.78, 5) is 120. The molecular weight excluding hydrogens is 867 g/mol. The second kappa shape index (κ2) is 27.9. The molecule has 368 valence electrons. The van der Waals surface area contributed by atoms with Crippen molar-refractivity contribution in [3.05, 3.63) is 71.8 Å². The molecule has 2 aromatic rings. The summed E-state index contributed by atoms with van der Waals surface area (Å²) in [7, 11) is 0. The van der Waals surface area contributed by atoms with Crippen LogP contribution in [0.4, 0.5) is 0 Å². The molecule has 0 aromatic heterocycles. The molecular formula is C47H69N9O11. The maximum Gasteiger partial charge on any atom is 0.326 e. The van der Waals surface area contributed by atoms with Crippen LogP contribution in [0.2, 0.25) is 0 Å². The number of benzene rings is 2. The van der Waals surface area contributed by atoms with Crippen molar-refractivity contribution >= 4 is 53.3 Å². The van der Waals surface area contributed by atoms with Crippen LogP contribution in [0.25, 0.3) is 0 Å². The Kier molecular flexibility index (Phi) is 22.9. The predicted octanol–water partition coefficient (Wildman–Crippen LogP) is 0.111. The predicted molar refractivity (Wildman–Crippen MR) is 247 cm³/mol.